The maximum atomic E-state index is 12.8. The highest BCUT2D eigenvalue weighted by atomic mass is 32.2. The van der Waals surface area contributed by atoms with Crippen molar-refractivity contribution >= 4 is 21.7 Å². The SMILES string of the molecule is O=C1CCCN1c1ccc(S(=O)(=O)Oc2ccc(F)cc2)cc1. The molecule has 1 aliphatic rings. The number of benzene rings is 2. The van der Waals surface area contributed by atoms with Gasteiger partial charge < -0.3 is 9.08 Å². The molecule has 0 bridgehead atoms. The Morgan fingerprint density at radius 2 is 1.65 bits per heavy atom. The van der Waals surface area contributed by atoms with Crippen LogP contribution in [0, 0.1) is 5.82 Å². The summed E-state index contributed by atoms with van der Waals surface area (Å²) in [5, 5.41) is 0. The van der Waals surface area contributed by atoms with Gasteiger partial charge in [0.15, 0.2) is 0 Å². The van der Waals surface area contributed by atoms with E-state index in [0.717, 1.165) is 18.6 Å². The fourth-order valence-electron chi connectivity index (χ4n) is 2.38. The Hall–Kier alpha value is -2.41. The zero-order chi connectivity index (χ0) is 16.4. The standard InChI is InChI=1S/C16H14FNO4S/c17-12-3-7-14(8-4-12)22-23(20,21)15-9-5-13(6-10-15)18-11-1-2-16(18)19/h3-10H,1-2,11H2. The lowest BCUT2D eigenvalue weighted by molar-refractivity contribution is -0.117. The van der Waals surface area contributed by atoms with Crippen molar-refractivity contribution in [2.24, 2.45) is 0 Å². The lowest BCUT2D eigenvalue weighted by Crippen LogP contribution is -2.23. The Balaban J connectivity index is 1.80. The predicted molar refractivity (Wildman–Crippen MR) is 82.2 cm³/mol. The first-order valence-electron chi connectivity index (χ1n) is 7.06. The van der Waals surface area contributed by atoms with Gasteiger partial charge in [-0.2, -0.15) is 8.42 Å². The van der Waals surface area contributed by atoms with E-state index in [1.165, 1.54) is 24.3 Å². The molecule has 7 heteroatoms. The molecule has 5 nitrogen and oxygen atoms in total. The summed E-state index contributed by atoms with van der Waals surface area (Å²) in [5.41, 5.74) is 0.660. The van der Waals surface area contributed by atoms with Crippen LogP contribution >= 0.6 is 0 Å². The first-order chi connectivity index (χ1) is 11.0. The fraction of sp³-hybridized carbons (Fsp3) is 0.188. The molecular formula is C16H14FNO4S. The van der Waals surface area contributed by atoms with Crippen LogP contribution in [0.15, 0.2) is 53.4 Å². The summed E-state index contributed by atoms with van der Waals surface area (Å²) >= 11 is 0. The van der Waals surface area contributed by atoms with E-state index in [1.807, 2.05) is 0 Å². The molecular weight excluding hydrogens is 321 g/mol. The van der Waals surface area contributed by atoms with E-state index in [4.69, 9.17) is 4.18 Å². The van der Waals surface area contributed by atoms with E-state index in [2.05, 4.69) is 0 Å². The molecule has 0 saturated carbocycles. The van der Waals surface area contributed by atoms with Crippen LogP contribution in [0.5, 0.6) is 5.75 Å². The third-order valence-electron chi connectivity index (χ3n) is 3.53. The molecule has 3 rings (SSSR count). The Labute approximate surface area is 133 Å². The van der Waals surface area contributed by atoms with Crippen LogP contribution in [0.25, 0.3) is 0 Å². The average Bonchev–Trinajstić information content (AvgIpc) is 2.96. The topological polar surface area (TPSA) is 63.7 Å². The molecule has 0 radical (unpaired) electrons. The van der Waals surface area contributed by atoms with Crippen molar-refractivity contribution in [1.82, 2.24) is 0 Å². The van der Waals surface area contributed by atoms with Crippen LogP contribution in [-0.4, -0.2) is 20.9 Å². The highest BCUT2D eigenvalue weighted by Crippen LogP contribution is 2.24. The van der Waals surface area contributed by atoms with Gasteiger partial charge >= 0.3 is 10.1 Å². The molecule has 0 unspecified atom stereocenters. The summed E-state index contributed by atoms with van der Waals surface area (Å²) in [7, 11) is -4.01. The van der Waals surface area contributed by atoms with Crippen molar-refractivity contribution in [1.29, 1.82) is 0 Å². The molecule has 1 amide bonds. The van der Waals surface area contributed by atoms with Gasteiger partial charge in [0.1, 0.15) is 16.5 Å². The Morgan fingerprint density at radius 3 is 2.22 bits per heavy atom. The van der Waals surface area contributed by atoms with Gasteiger partial charge in [-0.05, 0) is 55.0 Å². The van der Waals surface area contributed by atoms with Gasteiger partial charge in [-0.3, -0.25) is 4.79 Å². The molecule has 1 saturated heterocycles. The number of rotatable bonds is 4. The minimum absolute atomic E-state index is 0.0304. The maximum absolute atomic E-state index is 12.8. The lowest BCUT2D eigenvalue weighted by Gasteiger charge is -2.16. The molecule has 1 aliphatic heterocycles. The van der Waals surface area contributed by atoms with Gasteiger partial charge in [0.2, 0.25) is 5.91 Å². The van der Waals surface area contributed by atoms with Crippen LogP contribution in [0.2, 0.25) is 0 Å². The van der Waals surface area contributed by atoms with E-state index in [1.54, 1.807) is 17.0 Å². The zero-order valence-electron chi connectivity index (χ0n) is 12.1. The fourth-order valence-corrected chi connectivity index (χ4v) is 3.31. The number of nitrogens with zero attached hydrogens (tertiary/aromatic N) is 1. The van der Waals surface area contributed by atoms with E-state index in [0.29, 0.717) is 18.7 Å². The normalized spacial score (nSPS) is 15.0. The zero-order valence-corrected chi connectivity index (χ0v) is 12.9. The summed E-state index contributed by atoms with van der Waals surface area (Å²) in [4.78, 5) is 13.3. The molecule has 0 atom stereocenters. The maximum Gasteiger partial charge on any atom is 0.339 e. The van der Waals surface area contributed by atoms with E-state index >= 15 is 0 Å². The number of hydrogen-bond donors (Lipinski definition) is 0. The number of halogens is 1. The second-order valence-corrected chi connectivity index (χ2v) is 6.68. The largest absolute Gasteiger partial charge is 0.379 e. The van der Waals surface area contributed by atoms with Crippen molar-refractivity contribution < 1.29 is 21.8 Å². The van der Waals surface area contributed by atoms with Crippen LogP contribution in [0.4, 0.5) is 10.1 Å². The summed E-state index contributed by atoms with van der Waals surface area (Å²) in [6.07, 6.45) is 1.31. The Kier molecular flexibility index (Phi) is 4.04. The first-order valence-corrected chi connectivity index (χ1v) is 8.47. The number of anilines is 1. The van der Waals surface area contributed by atoms with Crippen LogP contribution in [0.1, 0.15) is 12.8 Å². The third kappa shape index (κ3) is 3.34. The van der Waals surface area contributed by atoms with Crippen molar-refractivity contribution in [3.05, 3.63) is 54.3 Å². The van der Waals surface area contributed by atoms with Gasteiger partial charge in [-0.1, -0.05) is 0 Å². The van der Waals surface area contributed by atoms with Crippen LogP contribution in [-0.2, 0) is 14.9 Å². The highest BCUT2D eigenvalue weighted by Gasteiger charge is 2.23. The van der Waals surface area contributed by atoms with E-state index in [9.17, 15) is 17.6 Å². The van der Waals surface area contributed by atoms with Crippen molar-refractivity contribution in [3.63, 3.8) is 0 Å². The Morgan fingerprint density at radius 1 is 1.00 bits per heavy atom. The summed E-state index contributed by atoms with van der Waals surface area (Å²) < 4.78 is 42.2. The number of carbonyl (C=O) groups is 1. The minimum Gasteiger partial charge on any atom is -0.379 e. The summed E-state index contributed by atoms with van der Waals surface area (Å²) in [6.45, 7) is 0.636. The molecule has 2 aromatic rings. The molecule has 1 heterocycles. The molecule has 0 spiro atoms. The summed E-state index contributed by atoms with van der Waals surface area (Å²) in [5.74, 6) is -0.414. The van der Waals surface area contributed by atoms with Crippen molar-refractivity contribution in [2.45, 2.75) is 17.7 Å². The highest BCUT2D eigenvalue weighted by molar-refractivity contribution is 7.87. The summed E-state index contributed by atoms with van der Waals surface area (Å²) in [6, 6.07) is 10.6. The molecule has 1 fully saturated rings. The van der Waals surface area contributed by atoms with Gasteiger partial charge in [-0.25, -0.2) is 4.39 Å². The Bertz CT molecular complexity index is 816. The van der Waals surface area contributed by atoms with E-state index in [-0.39, 0.29) is 16.6 Å². The van der Waals surface area contributed by atoms with Gasteiger partial charge in [-0.15, -0.1) is 0 Å². The second kappa shape index (κ2) is 6.00. The number of amides is 1. The quantitative estimate of drug-likeness (QED) is 0.806. The third-order valence-corrected chi connectivity index (χ3v) is 4.79. The molecule has 120 valence electrons. The smallest absolute Gasteiger partial charge is 0.339 e. The average molecular weight is 335 g/mol. The van der Waals surface area contributed by atoms with Crippen molar-refractivity contribution in [3.8, 4) is 5.75 Å². The van der Waals surface area contributed by atoms with Crippen molar-refractivity contribution in [2.75, 3.05) is 11.4 Å². The molecule has 23 heavy (non-hydrogen) atoms. The van der Waals surface area contributed by atoms with Crippen LogP contribution in [0.3, 0.4) is 0 Å². The number of carbonyl (C=O) groups excluding carboxylic acids is 1. The number of hydrogen-bond acceptors (Lipinski definition) is 4. The van der Waals surface area contributed by atoms with E-state index < -0.39 is 15.9 Å². The minimum atomic E-state index is -4.01. The van der Waals surface area contributed by atoms with Gasteiger partial charge in [0, 0.05) is 18.7 Å². The second-order valence-electron chi connectivity index (χ2n) is 5.13. The molecule has 0 N–H and O–H groups in total. The molecule has 2 aromatic carbocycles. The van der Waals surface area contributed by atoms with Gasteiger partial charge in [0.25, 0.3) is 0 Å². The first kappa shape index (κ1) is 15.5. The molecule has 0 aromatic heterocycles. The molecule has 0 aliphatic carbocycles. The lowest BCUT2D eigenvalue weighted by atomic mass is 10.3. The van der Waals surface area contributed by atoms with Crippen LogP contribution < -0.4 is 9.08 Å². The monoisotopic (exact) mass is 335 g/mol. The van der Waals surface area contributed by atoms with Gasteiger partial charge in [0.05, 0.1) is 0 Å². The predicted octanol–water partition coefficient (Wildman–Crippen LogP) is 2.72.